The second-order valence-corrected chi connectivity index (χ2v) is 5.62. The van der Waals surface area contributed by atoms with E-state index in [1.807, 2.05) is 17.5 Å². The molecule has 0 radical (unpaired) electrons. The lowest BCUT2D eigenvalue weighted by Crippen LogP contribution is -2.37. The Morgan fingerprint density at radius 1 is 1.50 bits per heavy atom. The molecule has 1 aliphatic rings. The maximum absolute atomic E-state index is 12.2. The molecule has 0 saturated carbocycles. The Balaban J connectivity index is 1.84. The van der Waals surface area contributed by atoms with Crippen molar-refractivity contribution in [3.63, 3.8) is 0 Å². The van der Waals surface area contributed by atoms with Crippen molar-refractivity contribution in [3.05, 3.63) is 22.4 Å². The average molecular weight is 306 g/mol. The lowest BCUT2D eigenvalue weighted by molar-refractivity contribution is -0.157. The van der Waals surface area contributed by atoms with Gasteiger partial charge in [-0.3, -0.25) is 9.59 Å². The second-order valence-electron chi connectivity index (χ2n) is 4.59. The third kappa shape index (κ3) is 3.96. The molecule has 8 heteroatoms. The predicted octanol–water partition coefficient (Wildman–Crippen LogP) is 1.78. The summed E-state index contributed by atoms with van der Waals surface area (Å²) in [5.41, 5.74) is 0. The summed E-state index contributed by atoms with van der Waals surface area (Å²) in [6.07, 6.45) is -4.59. The van der Waals surface area contributed by atoms with Gasteiger partial charge in [-0.1, -0.05) is 6.07 Å². The predicted molar refractivity (Wildman–Crippen MR) is 66.9 cm³/mol. The highest BCUT2D eigenvalue weighted by Gasteiger charge is 2.40. The lowest BCUT2D eigenvalue weighted by atomic mass is 10.1. The molecular weight excluding hydrogens is 293 g/mol. The monoisotopic (exact) mass is 306 g/mol. The zero-order chi connectivity index (χ0) is 14.8. The van der Waals surface area contributed by atoms with Gasteiger partial charge in [-0.2, -0.15) is 13.2 Å². The minimum Gasteiger partial charge on any atom is -0.351 e. The van der Waals surface area contributed by atoms with Gasteiger partial charge in [0.05, 0.1) is 12.5 Å². The summed E-state index contributed by atoms with van der Waals surface area (Å²) < 4.78 is 36.7. The Morgan fingerprint density at radius 2 is 2.25 bits per heavy atom. The van der Waals surface area contributed by atoms with Crippen LogP contribution < -0.4 is 5.32 Å². The van der Waals surface area contributed by atoms with Gasteiger partial charge in [-0.05, 0) is 11.4 Å². The van der Waals surface area contributed by atoms with Crippen molar-refractivity contribution in [2.75, 3.05) is 13.1 Å². The van der Waals surface area contributed by atoms with Gasteiger partial charge in [-0.15, -0.1) is 11.3 Å². The molecule has 20 heavy (non-hydrogen) atoms. The zero-order valence-electron chi connectivity index (χ0n) is 10.4. The molecule has 0 bridgehead atoms. The molecule has 1 aromatic heterocycles. The van der Waals surface area contributed by atoms with Crippen LogP contribution in [0.5, 0.6) is 0 Å². The summed E-state index contributed by atoms with van der Waals surface area (Å²) in [5, 5.41) is 4.51. The number of thiophene rings is 1. The van der Waals surface area contributed by atoms with Crippen molar-refractivity contribution < 1.29 is 22.8 Å². The van der Waals surface area contributed by atoms with Crippen molar-refractivity contribution in [2.45, 2.75) is 19.1 Å². The van der Waals surface area contributed by atoms with Gasteiger partial charge in [-0.25, -0.2) is 0 Å². The van der Waals surface area contributed by atoms with Gasteiger partial charge in [0, 0.05) is 17.8 Å². The van der Waals surface area contributed by atoms with Gasteiger partial charge in [0.15, 0.2) is 0 Å². The molecular formula is C12H13F3N2O2S. The largest absolute Gasteiger partial charge is 0.406 e. The van der Waals surface area contributed by atoms with E-state index in [-0.39, 0.29) is 18.9 Å². The number of amides is 2. The van der Waals surface area contributed by atoms with Crippen LogP contribution in [-0.4, -0.2) is 36.0 Å². The first kappa shape index (κ1) is 14.8. The Morgan fingerprint density at radius 3 is 2.85 bits per heavy atom. The normalized spacial score (nSPS) is 19.4. The SMILES string of the molecule is O=C(NCc1cccs1)[C@H]1CC(=O)N(CC(F)(F)F)C1. The molecule has 0 aromatic carbocycles. The Bertz CT molecular complexity index is 487. The molecule has 110 valence electrons. The zero-order valence-corrected chi connectivity index (χ0v) is 11.3. The van der Waals surface area contributed by atoms with Crippen LogP contribution in [0.15, 0.2) is 17.5 Å². The summed E-state index contributed by atoms with van der Waals surface area (Å²) in [7, 11) is 0. The smallest absolute Gasteiger partial charge is 0.351 e. The molecule has 0 aliphatic carbocycles. The number of nitrogens with one attached hydrogen (secondary N) is 1. The quantitative estimate of drug-likeness (QED) is 0.922. The number of rotatable bonds is 4. The number of carbonyl (C=O) groups is 2. The van der Waals surface area contributed by atoms with E-state index in [1.54, 1.807) is 0 Å². The van der Waals surface area contributed by atoms with Crippen LogP contribution >= 0.6 is 11.3 Å². The highest BCUT2D eigenvalue weighted by Crippen LogP contribution is 2.24. The molecule has 1 N–H and O–H groups in total. The molecule has 2 amide bonds. The summed E-state index contributed by atoms with van der Waals surface area (Å²) in [4.78, 5) is 24.9. The molecule has 2 rings (SSSR count). The molecule has 0 unspecified atom stereocenters. The van der Waals surface area contributed by atoms with Crippen LogP contribution in [0.3, 0.4) is 0 Å². The van der Waals surface area contributed by atoms with Crippen molar-refractivity contribution in [1.29, 1.82) is 0 Å². The Kier molecular flexibility index (Phi) is 4.32. The lowest BCUT2D eigenvalue weighted by Gasteiger charge is -2.18. The van der Waals surface area contributed by atoms with Gasteiger partial charge in [0.1, 0.15) is 6.54 Å². The topological polar surface area (TPSA) is 49.4 Å². The summed E-state index contributed by atoms with van der Waals surface area (Å²) in [6.45, 7) is -1.13. The van der Waals surface area contributed by atoms with E-state index in [0.717, 1.165) is 4.88 Å². The maximum Gasteiger partial charge on any atom is 0.406 e. The van der Waals surface area contributed by atoms with Crippen molar-refractivity contribution in [1.82, 2.24) is 10.2 Å². The van der Waals surface area contributed by atoms with Crippen LogP contribution in [-0.2, 0) is 16.1 Å². The molecule has 4 nitrogen and oxygen atoms in total. The maximum atomic E-state index is 12.2. The van der Waals surface area contributed by atoms with E-state index in [2.05, 4.69) is 5.32 Å². The molecule has 1 aliphatic heterocycles. The number of hydrogen-bond acceptors (Lipinski definition) is 3. The standard InChI is InChI=1S/C12H13F3N2O2S/c13-12(14,15)7-17-6-8(4-10(17)18)11(19)16-5-9-2-1-3-20-9/h1-3,8H,4-7H2,(H,16,19)/t8-/m0/s1. The number of likely N-dealkylation sites (tertiary alicyclic amines) is 1. The fourth-order valence-electron chi connectivity index (χ4n) is 2.05. The number of carbonyl (C=O) groups excluding carboxylic acids is 2. The van der Waals surface area contributed by atoms with Gasteiger partial charge in [0.25, 0.3) is 0 Å². The minimum atomic E-state index is -4.43. The number of alkyl halides is 3. The minimum absolute atomic E-state index is 0.160. The van der Waals surface area contributed by atoms with Crippen LogP contribution in [0.1, 0.15) is 11.3 Å². The van der Waals surface area contributed by atoms with Gasteiger partial charge < -0.3 is 10.2 Å². The first-order valence-electron chi connectivity index (χ1n) is 6.00. The van der Waals surface area contributed by atoms with E-state index in [9.17, 15) is 22.8 Å². The fourth-order valence-corrected chi connectivity index (χ4v) is 2.69. The fraction of sp³-hybridized carbons (Fsp3) is 0.500. The first-order chi connectivity index (χ1) is 9.35. The third-order valence-corrected chi connectivity index (χ3v) is 3.85. The van der Waals surface area contributed by atoms with E-state index in [0.29, 0.717) is 11.4 Å². The van der Waals surface area contributed by atoms with E-state index in [4.69, 9.17) is 0 Å². The number of hydrogen-bond donors (Lipinski definition) is 1. The molecule has 1 saturated heterocycles. The van der Waals surface area contributed by atoms with Crippen LogP contribution in [0.4, 0.5) is 13.2 Å². The molecule has 0 spiro atoms. The van der Waals surface area contributed by atoms with Crippen molar-refractivity contribution in [3.8, 4) is 0 Å². The van der Waals surface area contributed by atoms with Gasteiger partial charge in [0.2, 0.25) is 11.8 Å². The van der Waals surface area contributed by atoms with Crippen LogP contribution in [0.2, 0.25) is 0 Å². The number of nitrogens with zero attached hydrogens (tertiary/aromatic N) is 1. The van der Waals surface area contributed by atoms with E-state index in [1.165, 1.54) is 11.3 Å². The Hall–Kier alpha value is -1.57. The second kappa shape index (κ2) is 5.82. The molecule has 1 atom stereocenters. The Labute approximate surface area is 117 Å². The summed E-state index contributed by atoms with van der Waals surface area (Å²) in [5.74, 6) is -1.71. The average Bonchev–Trinajstić information content (AvgIpc) is 2.95. The van der Waals surface area contributed by atoms with Crippen LogP contribution in [0, 0.1) is 5.92 Å². The summed E-state index contributed by atoms with van der Waals surface area (Å²) >= 11 is 1.48. The summed E-state index contributed by atoms with van der Waals surface area (Å²) in [6, 6.07) is 3.69. The highest BCUT2D eigenvalue weighted by atomic mass is 32.1. The first-order valence-corrected chi connectivity index (χ1v) is 6.88. The van der Waals surface area contributed by atoms with E-state index >= 15 is 0 Å². The third-order valence-electron chi connectivity index (χ3n) is 2.97. The molecule has 1 aromatic rings. The number of halogens is 3. The van der Waals surface area contributed by atoms with Crippen molar-refractivity contribution in [2.24, 2.45) is 5.92 Å². The van der Waals surface area contributed by atoms with E-state index < -0.39 is 24.5 Å². The van der Waals surface area contributed by atoms with Crippen LogP contribution in [0.25, 0.3) is 0 Å². The molecule has 1 fully saturated rings. The molecule has 2 heterocycles. The van der Waals surface area contributed by atoms with Gasteiger partial charge >= 0.3 is 6.18 Å². The highest BCUT2D eigenvalue weighted by molar-refractivity contribution is 7.09. The van der Waals surface area contributed by atoms with Crippen molar-refractivity contribution >= 4 is 23.2 Å².